The Morgan fingerprint density at radius 1 is 1.50 bits per heavy atom. The minimum Gasteiger partial charge on any atom is -0.398 e. The largest absolute Gasteiger partial charge is 0.398 e. The van der Waals surface area contributed by atoms with Crippen LogP contribution in [0.2, 0.25) is 5.15 Å². The van der Waals surface area contributed by atoms with Crippen molar-refractivity contribution in [2.24, 2.45) is 0 Å². The third-order valence-corrected chi connectivity index (χ3v) is 2.77. The summed E-state index contributed by atoms with van der Waals surface area (Å²) in [6.45, 7) is 0. The van der Waals surface area contributed by atoms with Crippen molar-refractivity contribution >= 4 is 44.1 Å². The highest BCUT2D eigenvalue weighted by molar-refractivity contribution is 9.10. The van der Waals surface area contributed by atoms with E-state index in [0.29, 0.717) is 10.8 Å². The van der Waals surface area contributed by atoms with Crippen molar-refractivity contribution in [2.45, 2.75) is 0 Å². The van der Waals surface area contributed by atoms with E-state index in [0.717, 1.165) is 15.4 Å². The molecule has 3 nitrogen and oxygen atoms in total. The molecule has 1 aromatic heterocycles. The van der Waals surface area contributed by atoms with Gasteiger partial charge in [-0.05, 0) is 28.1 Å². The molecule has 62 valence electrons. The Labute approximate surface area is 82.0 Å². The van der Waals surface area contributed by atoms with Crippen LogP contribution < -0.4 is 5.73 Å². The summed E-state index contributed by atoms with van der Waals surface area (Å²) >= 11 is 9.19. The van der Waals surface area contributed by atoms with Gasteiger partial charge in [-0.25, -0.2) is 0 Å². The van der Waals surface area contributed by atoms with Crippen molar-refractivity contribution < 1.29 is 0 Å². The van der Waals surface area contributed by atoms with Gasteiger partial charge in [-0.2, -0.15) is 5.10 Å². The second-order valence-corrected chi connectivity index (χ2v) is 3.57. The lowest BCUT2D eigenvalue weighted by molar-refractivity contribution is 1.12. The maximum absolute atomic E-state index is 5.85. The van der Waals surface area contributed by atoms with Gasteiger partial charge in [-0.1, -0.05) is 11.6 Å². The second-order valence-electron chi connectivity index (χ2n) is 2.40. The van der Waals surface area contributed by atoms with E-state index in [1.165, 1.54) is 0 Å². The van der Waals surface area contributed by atoms with E-state index in [1.807, 2.05) is 6.07 Å². The number of aromatic nitrogens is 2. The number of H-pyrrole nitrogens is 1. The van der Waals surface area contributed by atoms with Crippen LogP contribution in [-0.4, -0.2) is 10.2 Å². The molecule has 0 aliphatic carbocycles. The molecular formula is C7H5BrClN3. The Kier molecular flexibility index (Phi) is 1.73. The third kappa shape index (κ3) is 0.990. The van der Waals surface area contributed by atoms with E-state index in [-0.39, 0.29) is 0 Å². The number of anilines is 1. The number of halogens is 2. The zero-order chi connectivity index (χ0) is 8.72. The van der Waals surface area contributed by atoms with Gasteiger partial charge in [0.2, 0.25) is 0 Å². The number of rotatable bonds is 0. The molecular weight excluding hydrogens is 241 g/mol. The fourth-order valence-electron chi connectivity index (χ4n) is 1.05. The number of nitrogens with one attached hydrogen (secondary N) is 1. The fraction of sp³-hybridized carbons (Fsp3) is 0. The molecule has 3 N–H and O–H groups in total. The van der Waals surface area contributed by atoms with Gasteiger partial charge in [-0.3, -0.25) is 5.10 Å². The lowest BCUT2D eigenvalue weighted by Gasteiger charge is -1.97. The summed E-state index contributed by atoms with van der Waals surface area (Å²) in [7, 11) is 0. The molecule has 5 heteroatoms. The topological polar surface area (TPSA) is 54.7 Å². The van der Waals surface area contributed by atoms with Crippen LogP contribution in [0.5, 0.6) is 0 Å². The van der Waals surface area contributed by atoms with Crippen LogP contribution in [0, 0.1) is 0 Å². The quantitative estimate of drug-likeness (QED) is 0.702. The first kappa shape index (κ1) is 7.89. The molecule has 12 heavy (non-hydrogen) atoms. The molecule has 0 spiro atoms. The van der Waals surface area contributed by atoms with Crippen LogP contribution in [0.25, 0.3) is 10.9 Å². The molecule has 0 fully saturated rings. The normalized spacial score (nSPS) is 10.8. The Hall–Kier alpha value is -0.740. The van der Waals surface area contributed by atoms with Gasteiger partial charge in [0, 0.05) is 5.69 Å². The molecule has 0 saturated heterocycles. The predicted molar refractivity (Wildman–Crippen MR) is 53.2 cm³/mol. The van der Waals surface area contributed by atoms with Crippen LogP contribution in [0.4, 0.5) is 5.69 Å². The van der Waals surface area contributed by atoms with E-state index in [4.69, 9.17) is 17.3 Å². The zero-order valence-electron chi connectivity index (χ0n) is 5.94. The summed E-state index contributed by atoms with van der Waals surface area (Å²) in [6, 6.07) is 3.60. The Balaban J connectivity index is 2.96. The maximum Gasteiger partial charge on any atom is 0.133 e. The van der Waals surface area contributed by atoms with E-state index in [2.05, 4.69) is 26.1 Å². The molecule has 0 radical (unpaired) electrons. The molecule has 1 heterocycles. The third-order valence-electron chi connectivity index (χ3n) is 1.64. The van der Waals surface area contributed by atoms with E-state index < -0.39 is 0 Å². The highest BCUT2D eigenvalue weighted by Crippen LogP contribution is 2.32. The molecule has 0 aliphatic rings. The van der Waals surface area contributed by atoms with Crippen molar-refractivity contribution in [3.8, 4) is 0 Å². The summed E-state index contributed by atoms with van der Waals surface area (Å²) in [5.41, 5.74) is 7.13. The number of nitrogen functional groups attached to an aromatic ring is 1. The van der Waals surface area contributed by atoms with Gasteiger partial charge in [0.05, 0.1) is 15.4 Å². The highest BCUT2D eigenvalue weighted by atomic mass is 79.9. The summed E-state index contributed by atoms with van der Waals surface area (Å²) in [4.78, 5) is 0. The molecule has 0 amide bonds. The molecule has 1 aromatic carbocycles. The molecule has 0 saturated carbocycles. The van der Waals surface area contributed by atoms with E-state index >= 15 is 0 Å². The van der Waals surface area contributed by atoms with Gasteiger partial charge in [0.1, 0.15) is 5.15 Å². The van der Waals surface area contributed by atoms with Crippen LogP contribution in [0.1, 0.15) is 0 Å². The maximum atomic E-state index is 5.85. The smallest absolute Gasteiger partial charge is 0.133 e. The standard InChI is InChI=1S/C7H5BrClN3/c8-6-3(10)1-2-4-5(6)7(9)12-11-4/h1-2H,10H2,(H,11,12). The predicted octanol–water partition coefficient (Wildman–Crippen LogP) is 2.56. The minimum absolute atomic E-state index is 0.504. The van der Waals surface area contributed by atoms with Gasteiger partial charge in [0.25, 0.3) is 0 Å². The van der Waals surface area contributed by atoms with Crippen molar-refractivity contribution in [3.63, 3.8) is 0 Å². The number of aromatic amines is 1. The van der Waals surface area contributed by atoms with Gasteiger partial charge < -0.3 is 5.73 Å². The summed E-state index contributed by atoms with van der Waals surface area (Å²) in [5.74, 6) is 0. The lowest BCUT2D eigenvalue weighted by atomic mass is 10.2. The summed E-state index contributed by atoms with van der Waals surface area (Å²) in [5, 5.41) is 7.99. The molecule has 0 unspecified atom stereocenters. The SMILES string of the molecule is Nc1ccc2n[nH]c(Cl)c2c1Br. The molecule has 2 aromatic rings. The Bertz CT molecular complexity index is 437. The molecule has 2 rings (SSSR count). The van der Waals surface area contributed by atoms with Gasteiger partial charge in [-0.15, -0.1) is 0 Å². The van der Waals surface area contributed by atoms with Crippen LogP contribution in [-0.2, 0) is 0 Å². The van der Waals surface area contributed by atoms with Crippen LogP contribution >= 0.6 is 27.5 Å². The number of nitrogens with two attached hydrogens (primary N) is 1. The zero-order valence-corrected chi connectivity index (χ0v) is 8.28. The number of hydrogen-bond acceptors (Lipinski definition) is 2. The second kappa shape index (κ2) is 2.64. The van der Waals surface area contributed by atoms with Gasteiger partial charge >= 0.3 is 0 Å². The fourth-order valence-corrected chi connectivity index (χ4v) is 1.93. The summed E-state index contributed by atoms with van der Waals surface area (Å²) < 4.78 is 0.791. The average molecular weight is 246 g/mol. The number of hydrogen-bond donors (Lipinski definition) is 2. The molecule has 0 aliphatic heterocycles. The van der Waals surface area contributed by atoms with Gasteiger partial charge in [0.15, 0.2) is 0 Å². The van der Waals surface area contributed by atoms with Crippen molar-refractivity contribution in [3.05, 3.63) is 21.8 Å². The first-order valence-corrected chi connectivity index (χ1v) is 4.45. The number of nitrogens with zero attached hydrogens (tertiary/aromatic N) is 1. The van der Waals surface area contributed by atoms with Crippen LogP contribution in [0.3, 0.4) is 0 Å². The minimum atomic E-state index is 0.504. The number of fused-ring (bicyclic) bond motifs is 1. The first-order valence-electron chi connectivity index (χ1n) is 3.27. The van der Waals surface area contributed by atoms with Crippen LogP contribution in [0.15, 0.2) is 16.6 Å². The van der Waals surface area contributed by atoms with E-state index in [1.54, 1.807) is 6.07 Å². The lowest BCUT2D eigenvalue weighted by Crippen LogP contribution is -1.85. The van der Waals surface area contributed by atoms with Crippen molar-refractivity contribution in [2.75, 3.05) is 5.73 Å². The average Bonchev–Trinajstić information content (AvgIpc) is 2.41. The molecule has 0 bridgehead atoms. The van der Waals surface area contributed by atoms with Crippen molar-refractivity contribution in [1.29, 1.82) is 0 Å². The monoisotopic (exact) mass is 245 g/mol. The Morgan fingerprint density at radius 2 is 2.25 bits per heavy atom. The van der Waals surface area contributed by atoms with E-state index in [9.17, 15) is 0 Å². The summed E-state index contributed by atoms with van der Waals surface area (Å²) in [6.07, 6.45) is 0. The molecule has 0 atom stereocenters. The number of benzene rings is 1. The Morgan fingerprint density at radius 3 is 3.00 bits per heavy atom. The first-order chi connectivity index (χ1) is 5.70. The van der Waals surface area contributed by atoms with Crippen molar-refractivity contribution in [1.82, 2.24) is 10.2 Å². The highest BCUT2D eigenvalue weighted by Gasteiger charge is 2.08.